The maximum atomic E-state index is 13.0. The largest absolute Gasteiger partial charge is 0.439 e. The number of halogens is 2. The molecule has 0 atom stereocenters. The van der Waals surface area contributed by atoms with Crippen LogP contribution < -0.4 is 10.3 Å². The Labute approximate surface area is 107 Å². The van der Waals surface area contributed by atoms with E-state index in [-0.39, 0.29) is 23.1 Å². The average Bonchev–Trinajstić information content (AvgIpc) is 3.17. The lowest BCUT2D eigenvalue weighted by atomic mass is 10.3. The number of nitrogens with zero attached hydrogens (tertiary/aromatic N) is 1. The normalized spacial score (nSPS) is 14.4. The van der Waals surface area contributed by atoms with Crippen molar-refractivity contribution in [1.82, 2.24) is 9.97 Å². The summed E-state index contributed by atoms with van der Waals surface area (Å²) in [6, 6.07) is 4.32. The van der Waals surface area contributed by atoms with Gasteiger partial charge < -0.3 is 9.72 Å². The van der Waals surface area contributed by atoms with Crippen molar-refractivity contribution in [2.75, 3.05) is 0 Å². The third kappa shape index (κ3) is 2.62. The SMILES string of the molecule is O=c1cc(Oc2ccc(F)c(F)c2)nc(C2CC2)[nH]1. The Morgan fingerprint density at radius 3 is 2.68 bits per heavy atom. The van der Waals surface area contributed by atoms with Crippen molar-refractivity contribution in [1.29, 1.82) is 0 Å². The van der Waals surface area contributed by atoms with Gasteiger partial charge in [-0.1, -0.05) is 0 Å². The molecule has 0 saturated heterocycles. The first-order valence-corrected chi connectivity index (χ1v) is 5.86. The van der Waals surface area contributed by atoms with Crippen LogP contribution in [-0.2, 0) is 0 Å². The standard InChI is InChI=1S/C13H10F2N2O2/c14-9-4-3-8(5-10(9)15)19-12-6-11(18)16-13(17-12)7-1-2-7/h3-7H,1-2H2,(H,16,17,18). The number of benzene rings is 1. The molecule has 1 fully saturated rings. The van der Waals surface area contributed by atoms with Crippen molar-refractivity contribution in [3.63, 3.8) is 0 Å². The summed E-state index contributed by atoms with van der Waals surface area (Å²) in [5, 5.41) is 0. The summed E-state index contributed by atoms with van der Waals surface area (Å²) in [5.74, 6) is -0.948. The Balaban J connectivity index is 1.89. The molecule has 0 amide bonds. The van der Waals surface area contributed by atoms with Crippen LogP contribution in [0.4, 0.5) is 8.78 Å². The zero-order valence-electron chi connectivity index (χ0n) is 9.82. The first kappa shape index (κ1) is 11.8. The zero-order valence-corrected chi connectivity index (χ0v) is 9.82. The molecule has 0 aliphatic heterocycles. The van der Waals surface area contributed by atoms with Gasteiger partial charge >= 0.3 is 0 Å². The highest BCUT2D eigenvalue weighted by Gasteiger charge is 2.26. The van der Waals surface area contributed by atoms with Gasteiger partial charge in [-0.05, 0) is 25.0 Å². The van der Waals surface area contributed by atoms with Gasteiger partial charge in [0.15, 0.2) is 11.6 Å². The van der Waals surface area contributed by atoms with E-state index in [2.05, 4.69) is 9.97 Å². The molecule has 1 aromatic heterocycles. The first-order valence-electron chi connectivity index (χ1n) is 5.86. The molecule has 98 valence electrons. The van der Waals surface area contributed by atoms with E-state index >= 15 is 0 Å². The molecule has 4 nitrogen and oxygen atoms in total. The minimum absolute atomic E-state index is 0.0802. The number of aromatic nitrogens is 2. The molecule has 0 bridgehead atoms. The number of H-pyrrole nitrogens is 1. The molecular weight excluding hydrogens is 254 g/mol. The van der Waals surface area contributed by atoms with E-state index in [0.717, 1.165) is 25.0 Å². The van der Waals surface area contributed by atoms with Crippen LogP contribution in [0.1, 0.15) is 24.6 Å². The summed E-state index contributed by atoms with van der Waals surface area (Å²) < 4.78 is 31.1. The third-order valence-electron chi connectivity index (χ3n) is 2.81. The smallest absolute Gasteiger partial charge is 0.254 e. The number of hydrogen-bond donors (Lipinski definition) is 1. The minimum atomic E-state index is -1.01. The minimum Gasteiger partial charge on any atom is -0.439 e. The fourth-order valence-electron chi connectivity index (χ4n) is 1.72. The Morgan fingerprint density at radius 1 is 1.21 bits per heavy atom. The second kappa shape index (κ2) is 4.46. The Hall–Kier alpha value is -2.24. The summed E-state index contributed by atoms with van der Waals surface area (Å²) >= 11 is 0. The molecule has 2 aromatic rings. The maximum Gasteiger partial charge on any atom is 0.254 e. The summed E-state index contributed by atoms with van der Waals surface area (Å²) in [6.07, 6.45) is 1.97. The van der Waals surface area contributed by atoms with Crippen molar-refractivity contribution in [3.8, 4) is 11.6 Å². The summed E-state index contributed by atoms with van der Waals surface area (Å²) in [6.45, 7) is 0. The molecule has 0 spiro atoms. The molecule has 1 aliphatic rings. The van der Waals surface area contributed by atoms with Crippen molar-refractivity contribution < 1.29 is 13.5 Å². The van der Waals surface area contributed by atoms with Gasteiger partial charge in [0.2, 0.25) is 5.88 Å². The number of hydrogen-bond acceptors (Lipinski definition) is 3. The van der Waals surface area contributed by atoms with Crippen molar-refractivity contribution in [2.24, 2.45) is 0 Å². The molecule has 19 heavy (non-hydrogen) atoms. The number of rotatable bonds is 3. The van der Waals surface area contributed by atoms with E-state index in [1.807, 2.05) is 0 Å². The number of aromatic amines is 1. The zero-order chi connectivity index (χ0) is 13.4. The molecule has 1 saturated carbocycles. The van der Waals surface area contributed by atoms with E-state index in [0.29, 0.717) is 5.82 Å². The highest BCUT2D eigenvalue weighted by atomic mass is 19.2. The first-order chi connectivity index (χ1) is 9.11. The second-order valence-corrected chi connectivity index (χ2v) is 4.42. The molecule has 1 aromatic carbocycles. The van der Waals surface area contributed by atoms with Crippen molar-refractivity contribution >= 4 is 0 Å². The Kier molecular flexibility index (Phi) is 2.77. The van der Waals surface area contributed by atoms with Crippen molar-refractivity contribution in [3.05, 3.63) is 52.1 Å². The van der Waals surface area contributed by atoms with E-state index in [4.69, 9.17) is 4.74 Å². The lowest BCUT2D eigenvalue weighted by molar-refractivity contribution is 0.443. The summed E-state index contributed by atoms with van der Waals surface area (Å²) in [5.41, 5.74) is -0.325. The van der Waals surface area contributed by atoms with Crippen molar-refractivity contribution in [2.45, 2.75) is 18.8 Å². The molecule has 1 heterocycles. The monoisotopic (exact) mass is 264 g/mol. The van der Waals surface area contributed by atoms with E-state index < -0.39 is 11.6 Å². The topological polar surface area (TPSA) is 55.0 Å². The van der Waals surface area contributed by atoms with Crippen LogP contribution >= 0.6 is 0 Å². The fraction of sp³-hybridized carbons (Fsp3) is 0.231. The van der Waals surface area contributed by atoms with Gasteiger partial charge in [-0.2, -0.15) is 4.98 Å². The molecule has 6 heteroatoms. The van der Waals surface area contributed by atoms with Crippen LogP contribution in [0.2, 0.25) is 0 Å². The van der Waals surface area contributed by atoms with Crippen LogP contribution in [0, 0.1) is 11.6 Å². The Morgan fingerprint density at radius 2 is 2.00 bits per heavy atom. The van der Waals surface area contributed by atoms with Gasteiger partial charge in [0, 0.05) is 12.0 Å². The third-order valence-corrected chi connectivity index (χ3v) is 2.81. The van der Waals surface area contributed by atoms with E-state index in [1.54, 1.807) is 0 Å². The highest BCUT2D eigenvalue weighted by Crippen LogP contribution is 2.38. The average molecular weight is 264 g/mol. The number of ether oxygens (including phenoxy) is 1. The predicted octanol–water partition coefficient (Wildman–Crippen LogP) is 2.72. The van der Waals surface area contributed by atoms with Crippen LogP contribution in [0.15, 0.2) is 29.1 Å². The summed E-state index contributed by atoms with van der Waals surface area (Å²) in [7, 11) is 0. The van der Waals surface area contributed by atoms with Crippen LogP contribution in [0.5, 0.6) is 11.6 Å². The van der Waals surface area contributed by atoms with Crippen LogP contribution in [0.25, 0.3) is 0 Å². The quantitative estimate of drug-likeness (QED) is 0.927. The molecule has 1 aliphatic carbocycles. The molecule has 3 rings (SSSR count). The van der Waals surface area contributed by atoms with Crippen LogP contribution in [-0.4, -0.2) is 9.97 Å². The van der Waals surface area contributed by atoms with Crippen LogP contribution in [0.3, 0.4) is 0 Å². The van der Waals surface area contributed by atoms with Gasteiger partial charge in [0.05, 0.1) is 6.07 Å². The van der Waals surface area contributed by atoms with Gasteiger partial charge in [-0.15, -0.1) is 0 Å². The second-order valence-electron chi connectivity index (χ2n) is 4.42. The molecule has 0 unspecified atom stereocenters. The molecular formula is C13H10F2N2O2. The van der Waals surface area contributed by atoms with Gasteiger partial charge in [-0.3, -0.25) is 4.79 Å². The molecule has 1 N–H and O–H groups in total. The van der Waals surface area contributed by atoms with E-state index in [1.165, 1.54) is 12.1 Å². The van der Waals surface area contributed by atoms with E-state index in [9.17, 15) is 13.6 Å². The number of nitrogens with one attached hydrogen (secondary N) is 1. The molecule has 0 radical (unpaired) electrons. The van der Waals surface area contributed by atoms with Gasteiger partial charge in [0.1, 0.15) is 11.6 Å². The van der Waals surface area contributed by atoms with Gasteiger partial charge in [0.25, 0.3) is 5.56 Å². The predicted molar refractivity (Wildman–Crippen MR) is 63.3 cm³/mol. The maximum absolute atomic E-state index is 13.0. The van der Waals surface area contributed by atoms with Gasteiger partial charge in [-0.25, -0.2) is 8.78 Å². The lowest BCUT2D eigenvalue weighted by Gasteiger charge is -2.06. The Bertz CT molecular complexity index is 681. The fourth-order valence-corrected chi connectivity index (χ4v) is 1.72. The summed E-state index contributed by atoms with van der Waals surface area (Å²) in [4.78, 5) is 18.2. The lowest BCUT2D eigenvalue weighted by Crippen LogP contribution is -2.10. The highest BCUT2D eigenvalue weighted by molar-refractivity contribution is 5.28.